The Bertz CT molecular complexity index is 910. The normalized spacial score (nSPS) is 11.5. The number of sulfone groups is 1. The molecule has 0 heterocycles. The number of carbonyl (C=O) groups excluding carboxylic acids is 1. The lowest BCUT2D eigenvalue weighted by Crippen LogP contribution is -2.20. The second-order valence-corrected chi connectivity index (χ2v) is 8.11. The van der Waals surface area contributed by atoms with Crippen LogP contribution < -0.4 is 4.90 Å². The average Bonchev–Trinajstić information content (AvgIpc) is 2.71. The first kappa shape index (κ1) is 21.5. The number of likely N-dealkylation sites (N-methyl/N-ethyl adjacent to an activating group) is 1. The van der Waals surface area contributed by atoms with Crippen molar-refractivity contribution in [2.75, 3.05) is 38.0 Å². The maximum atomic E-state index is 12.2. The molecule has 0 saturated heterocycles. The fourth-order valence-electron chi connectivity index (χ4n) is 2.33. The highest BCUT2D eigenvalue weighted by Crippen LogP contribution is 2.23. The molecule has 9 heteroatoms. The number of aliphatic hydroxyl groups is 1. The Morgan fingerprint density at radius 1 is 1.04 bits per heavy atom. The second kappa shape index (κ2) is 9.95. The summed E-state index contributed by atoms with van der Waals surface area (Å²) in [5.41, 5.74) is 2.11. The van der Waals surface area contributed by atoms with Crippen LogP contribution >= 0.6 is 0 Å². The molecule has 0 aromatic heterocycles. The SMILES string of the molecule is COC(=O)CCS(=O)(=O)c1ccc(/N=N/c2ccc(N(C)CCO)cc2)cc1. The van der Waals surface area contributed by atoms with Crippen molar-refractivity contribution in [1.29, 1.82) is 0 Å². The molecule has 0 unspecified atom stereocenters. The summed E-state index contributed by atoms with van der Waals surface area (Å²) in [5, 5.41) is 17.2. The summed E-state index contributed by atoms with van der Waals surface area (Å²) in [5.74, 6) is -0.875. The topological polar surface area (TPSA) is 109 Å². The van der Waals surface area contributed by atoms with Crippen LogP contribution in [0.15, 0.2) is 63.7 Å². The van der Waals surface area contributed by atoms with Crippen LogP contribution in [0.3, 0.4) is 0 Å². The molecule has 0 fully saturated rings. The summed E-state index contributed by atoms with van der Waals surface area (Å²) in [6, 6.07) is 13.3. The number of anilines is 1. The van der Waals surface area contributed by atoms with E-state index < -0.39 is 15.8 Å². The lowest BCUT2D eigenvalue weighted by atomic mass is 10.2. The number of carbonyl (C=O) groups is 1. The monoisotopic (exact) mass is 405 g/mol. The molecule has 28 heavy (non-hydrogen) atoms. The summed E-state index contributed by atoms with van der Waals surface area (Å²) in [6.45, 7) is 0.613. The number of hydrogen-bond donors (Lipinski definition) is 1. The van der Waals surface area contributed by atoms with Gasteiger partial charge in [0.2, 0.25) is 0 Å². The molecule has 150 valence electrons. The molecule has 2 rings (SSSR count). The van der Waals surface area contributed by atoms with Gasteiger partial charge in [0, 0.05) is 19.3 Å². The molecule has 1 N–H and O–H groups in total. The number of ether oxygens (including phenoxy) is 1. The van der Waals surface area contributed by atoms with Gasteiger partial charge in [0.15, 0.2) is 9.84 Å². The molecule has 0 aliphatic heterocycles. The third-order valence-corrected chi connectivity index (χ3v) is 5.74. The predicted octanol–water partition coefficient (Wildman–Crippen LogP) is 2.87. The Morgan fingerprint density at radius 2 is 1.57 bits per heavy atom. The summed E-state index contributed by atoms with van der Waals surface area (Å²) >= 11 is 0. The third kappa shape index (κ3) is 6.14. The van der Waals surface area contributed by atoms with Crippen LogP contribution in [0.4, 0.5) is 17.1 Å². The molecule has 2 aromatic rings. The standard InChI is InChI=1S/C19H23N3O5S/c1-22(12-13-23)17-7-3-15(4-8-17)20-21-16-5-9-18(10-6-16)28(25,26)14-11-19(24)27-2/h3-10,23H,11-14H2,1-2H3/b21-20+. The van der Waals surface area contributed by atoms with Gasteiger partial charge in [-0.1, -0.05) is 0 Å². The van der Waals surface area contributed by atoms with E-state index in [1.165, 1.54) is 19.2 Å². The zero-order valence-electron chi connectivity index (χ0n) is 15.8. The summed E-state index contributed by atoms with van der Waals surface area (Å²) < 4.78 is 28.9. The molecule has 0 spiro atoms. The minimum absolute atomic E-state index is 0.0758. The number of nitrogens with zero attached hydrogens (tertiary/aromatic N) is 3. The molecule has 0 aliphatic rings. The van der Waals surface area contributed by atoms with E-state index in [9.17, 15) is 13.2 Å². The molecule has 0 radical (unpaired) electrons. The van der Waals surface area contributed by atoms with Gasteiger partial charge in [-0.05, 0) is 48.5 Å². The molecule has 8 nitrogen and oxygen atoms in total. The van der Waals surface area contributed by atoms with Gasteiger partial charge in [0.05, 0.1) is 42.2 Å². The number of hydrogen-bond acceptors (Lipinski definition) is 8. The molecule has 0 aliphatic carbocycles. The second-order valence-electron chi connectivity index (χ2n) is 6.00. The Kier molecular flexibility index (Phi) is 7.65. The first-order valence-corrected chi connectivity index (χ1v) is 10.2. The van der Waals surface area contributed by atoms with Crippen molar-refractivity contribution >= 4 is 32.9 Å². The number of aliphatic hydroxyl groups excluding tert-OH is 1. The highest BCUT2D eigenvalue weighted by molar-refractivity contribution is 7.91. The van der Waals surface area contributed by atoms with Crippen LogP contribution in [0.25, 0.3) is 0 Å². The minimum atomic E-state index is -3.56. The predicted molar refractivity (Wildman–Crippen MR) is 106 cm³/mol. The van der Waals surface area contributed by atoms with Crippen molar-refractivity contribution in [3.8, 4) is 0 Å². The summed E-state index contributed by atoms with van der Waals surface area (Å²) in [7, 11) is -0.462. The average molecular weight is 405 g/mol. The van der Waals surface area contributed by atoms with E-state index >= 15 is 0 Å². The Labute approximate surface area is 164 Å². The number of esters is 1. The number of azo groups is 1. The van der Waals surface area contributed by atoms with Crippen LogP contribution in [0.2, 0.25) is 0 Å². The van der Waals surface area contributed by atoms with E-state index in [1.54, 1.807) is 24.3 Å². The van der Waals surface area contributed by atoms with Crippen molar-refractivity contribution in [3.63, 3.8) is 0 Å². The zero-order chi connectivity index (χ0) is 20.6. The molecule has 0 saturated carbocycles. The highest BCUT2D eigenvalue weighted by Gasteiger charge is 2.16. The van der Waals surface area contributed by atoms with Crippen molar-refractivity contribution in [1.82, 2.24) is 0 Å². The molecular weight excluding hydrogens is 382 g/mol. The van der Waals surface area contributed by atoms with E-state index in [4.69, 9.17) is 5.11 Å². The van der Waals surface area contributed by atoms with Gasteiger partial charge in [0.1, 0.15) is 0 Å². The van der Waals surface area contributed by atoms with Crippen molar-refractivity contribution in [2.24, 2.45) is 10.2 Å². The Morgan fingerprint density at radius 3 is 2.07 bits per heavy atom. The maximum absolute atomic E-state index is 12.2. The molecule has 0 bridgehead atoms. The van der Waals surface area contributed by atoms with Crippen LogP contribution in [0.5, 0.6) is 0 Å². The minimum Gasteiger partial charge on any atom is -0.469 e. The lowest BCUT2D eigenvalue weighted by molar-refractivity contribution is -0.140. The van der Waals surface area contributed by atoms with Gasteiger partial charge < -0.3 is 14.7 Å². The van der Waals surface area contributed by atoms with Gasteiger partial charge in [-0.25, -0.2) is 8.42 Å². The van der Waals surface area contributed by atoms with Crippen molar-refractivity contribution < 1.29 is 23.1 Å². The molecule has 0 amide bonds. The highest BCUT2D eigenvalue weighted by atomic mass is 32.2. The van der Waals surface area contributed by atoms with E-state index in [1.807, 2.05) is 24.1 Å². The smallest absolute Gasteiger partial charge is 0.306 e. The van der Waals surface area contributed by atoms with Gasteiger partial charge in [0.25, 0.3) is 0 Å². The fourth-order valence-corrected chi connectivity index (χ4v) is 3.55. The van der Waals surface area contributed by atoms with Gasteiger partial charge in [-0.3, -0.25) is 4.79 Å². The quantitative estimate of drug-likeness (QED) is 0.508. The van der Waals surface area contributed by atoms with Gasteiger partial charge in [-0.2, -0.15) is 10.2 Å². The summed E-state index contributed by atoms with van der Waals surface area (Å²) in [6.07, 6.45) is -0.191. The van der Waals surface area contributed by atoms with Crippen molar-refractivity contribution in [2.45, 2.75) is 11.3 Å². The molecular formula is C19H23N3O5S. The number of methoxy groups -OCH3 is 1. The Balaban J connectivity index is 2.02. The van der Waals surface area contributed by atoms with E-state index in [2.05, 4.69) is 15.0 Å². The van der Waals surface area contributed by atoms with Crippen LogP contribution in [0, 0.1) is 0 Å². The number of rotatable bonds is 9. The molecule has 2 aromatic carbocycles. The number of benzene rings is 2. The van der Waals surface area contributed by atoms with E-state index in [-0.39, 0.29) is 23.7 Å². The zero-order valence-corrected chi connectivity index (χ0v) is 16.6. The first-order chi connectivity index (χ1) is 13.4. The first-order valence-electron chi connectivity index (χ1n) is 8.59. The summed E-state index contributed by atoms with van der Waals surface area (Å²) in [4.78, 5) is 13.2. The molecule has 0 atom stereocenters. The van der Waals surface area contributed by atoms with E-state index in [0.29, 0.717) is 17.9 Å². The van der Waals surface area contributed by atoms with Gasteiger partial charge >= 0.3 is 5.97 Å². The van der Waals surface area contributed by atoms with Crippen molar-refractivity contribution in [3.05, 3.63) is 48.5 Å². The lowest BCUT2D eigenvalue weighted by Gasteiger charge is -2.17. The van der Waals surface area contributed by atoms with E-state index in [0.717, 1.165) is 5.69 Å². The van der Waals surface area contributed by atoms with Crippen LogP contribution in [-0.4, -0.2) is 52.6 Å². The van der Waals surface area contributed by atoms with Crippen LogP contribution in [0.1, 0.15) is 6.42 Å². The fraction of sp³-hybridized carbons (Fsp3) is 0.316. The van der Waals surface area contributed by atoms with Gasteiger partial charge in [-0.15, -0.1) is 0 Å². The maximum Gasteiger partial charge on any atom is 0.306 e. The third-order valence-electron chi connectivity index (χ3n) is 4.01. The largest absolute Gasteiger partial charge is 0.469 e. The van der Waals surface area contributed by atoms with Crippen LogP contribution in [-0.2, 0) is 19.4 Å². The Hall–Kier alpha value is -2.78.